The van der Waals surface area contributed by atoms with Gasteiger partial charge in [0.2, 0.25) is 11.8 Å². The fraction of sp³-hybridized carbons (Fsp3) is 0.417. The molecule has 2 heterocycles. The Morgan fingerprint density at radius 3 is 2.72 bits per heavy atom. The summed E-state index contributed by atoms with van der Waals surface area (Å²) in [6, 6.07) is 13.9. The van der Waals surface area contributed by atoms with Crippen molar-refractivity contribution in [3.05, 3.63) is 59.8 Å². The summed E-state index contributed by atoms with van der Waals surface area (Å²) in [6.07, 6.45) is 3.43. The first-order valence-electron chi connectivity index (χ1n) is 11.0. The van der Waals surface area contributed by atoms with E-state index in [2.05, 4.69) is 38.1 Å². The van der Waals surface area contributed by atoms with Crippen LogP contribution in [0.3, 0.4) is 0 Å². The predicted octanol–water partition coefficient (Wildman–Crippen LogP) is 1.97. The molecule has 1 fully saturated rings. The van der Waals surface area contributed by atoms with Crippen molar-refractivity contribution < 1.29 is 9.59 Å². The van der Waals surface area contributed by atoms with Crippen LogP contribution in [0.4, 0.5) is 5.82 Å². The first kappa shape index (κ1) is 23.2. The molecule has 0 spiro atoms. The highest BCUT2D eigenvalue weighted by atomic mass is 16.2. The predicted molar refractivity (Wildman–Crippen MR) is 126 cm³/mol. The number of hydrogen-bond donors (Lipinski definition) is 3. The lowest BCUT2D eigenvalue weighted by atomic mass is 10.1. The molecule has 8 nitrogen and oxygen atoms in total. The Kier molecular flexibility index (Phi) is 8.60. The first-order valence-corrected chi connectivity index (χ1v) is 11.0. The van der Waals surface area contributed by atoms with Crippen molar-refractivity contribution in [3.63, 3.8) is 0 Å². The van der Waals surface area contributed by atoms with Gasteiger partial charge >= 0.3 is 0 Å². The van der Waals surface area contributed by atoms with E-state index >= 15 is 0 Å². The molecule has 0 bridgehead atoms. The Morgan fingerprint density at radius 1 is 1.19 bits per heavy atom. The Bertz CT molecular complexity index is 914. The minimum absolute atomic E-state index is 0.111. The number of carbonyl (C=O) groups excluding carboxylic acids is 2. The number of pyridine rings is 1. The Hall–Kier alpha value is -3.42. The highest BCUT2D eigenvalue weighted by Gasteiger charge is 2.29. The molecule has 1 aliphatic heterocycles. The largest absolute Gasteiger partial charge is 0.356 e. The van der Waals surface area contributed by atoms with Crippen molar-refractivity contribution in [2.45, 2.75) is 26.2 Å². The average molecular weight is 437 g/mol. The number of likely N-dealkylation sites (tertiary alicyclic amines) is 1. The summed E-state index contributed by atoms with van der Waals surface area (Å²) in [5.74, 6) is 1.51. The maximum atomic E-state index is 12.3. The third kappa shape index (κ3) is 7.37. The molecule has 170 valence electrons. The van der Waals surface area contributed by atoms with Crippen LogP contribution in [0, 0.1) is 12.8 Å². The monoisotopic (exact) mass is 436 g/mol. The number of rotatable bonds is 9. The van der Waals surface area contributed by atoms with Crippen molar-refractivity contribution in [2.75, 3.05) is 38.5 Å². The van der Waals surface area contributed by atoms with Gasteiger partial charge in [-0.1, -0.05) is 36.4 Å². The third-order valence-electron chi connectivity index (χ3n) is 5.41. The van der Waals surface area contributed by atoms with E-state index in [0.717, 1.165) is 25.1 Å². The van der Waals surface area contributed by atoms with E-state index in [1.807, 2.05) is 36.1 Å². The van der Waals surface area contributed by atoms with E-state index in [0.29, 0.717) is 37.7 Å². The quantitative estimate of drug-likeness (QED) is 0.412. The van der Waals surface area contributed by atoms with Crippen molar-refractivity contribution >= 4 is 23.6 Å². The van der Waals surface area contributed by atoms with Gasteiger partial charge in [0.05, 0.1) is 0 Å². The molecule has 1 unspecified atom stereocenters. The normalized spacial score (nSPS) is 16.2. The number of aliphatic imine (C=N–C) groups is 1. The van der Waals surface area contributed by atoms with E-state index in [1.165, 1.54) is 5.56 Å². The van der Waals surface area contributed by atoms with Gasteiger partial charge < -0.3 is 20.9 Å². The van der Waals surface area contributed by atoms with Crippen LogP contribution in [0.2, 0.25) is 0 Å². The number of amides is 2. The van der Waals surface area contributed by atoms with Gasteiger partial charge in [-0.05, 0) is 30.5 Å². The number of aryl methyl sites for hydroxylation is 1. The van der Waals surface area contributed by atoms with Crippen LogP contribution < -0.4 is 16.0 Å². The molecule has 1 aromatic carbocycles. The molecule has 3 rings (SSSR count). The lowest BCUT2D eigenvalue weighted by Crippen LogP contribution is -2.41. The van der Waals surface area contributed by atoms with Crippen molar-refractivity contribution in [1.29, 1.82) is 0 Å². The van der Waals surface area contributed by atoms with Gasteiger partial charge in [0.25, 0.3) is 0 Å². The van der Waals surface area contributed by atoms with Gasteiger partial charge in [-0.3, -0.25) is 14.6 Å². The van der Waals surface area contributed by atoms with Crippen molar-refractivity contribution in [3.8, 4) is 0 Å². The van der Waals surface area contributed by atoms with Crippen LogP contribution in [0.5, 0.6) is 0 Å². The fourth-order valence-corrected chi connectivity index (χ4v) is 3.62. The van der Waals surface area contributed by atoms with Crippen LogP contribution in [-0.2, 0) is 16.0 Å². The van der Waals surface area contributed by atoms with Gasteiger partial charge in [-0.25, -0.2) is 4.98 Å². The number of aromatic nitrogens is 1. The van der Waals surface area contributed by atoms with Crippen LogP contribution in [0.25, 0.3) is 0 Å². The maximum Gasteiger partial charge on any atom is 0.227 e. The molecule has 0 radical (unpaired) electrons. The number of benzene rings is 1. The molecule has 1 aromatic heterocycles. The molecular formula is C24H32N6O2. The summed E-state index contributed by atoms with van der Waals surface area (Å²) in [6.45, 7) is 4.56. The second-order valence-electron chi connectivity index (χ2n) is 8.04. The number of carbonyl (C=O) groups is 2. The fourth-order valence-electron chi connectivity index (χ4n) is 3.62. The number of nitrogens with zero attached hydrogens (tertiary/aromatic N) is 3. The Morgan fingerprint density at radius 2 is 2.00 bits per heavy atom. The van der Waals surface area contributed by atoms with Gasteiger partial charge in [-0.15, -0.1) is 0 Å². The van der Waals surface area contributed by atoms with E-state index < -0.39 is 0 Å². The summed E-state index contributed by atoms with van der Waals surface area (Å²) in [4.78, 5) is 34.7. The molecule has 2 amide bonds. The summed E-state index contributed by atoms with van der Waals surface area (Å²) >= 11 is 0. The second kappa shape index (κ2) is 11.8. The van der Waals surface area contributed by atoms with Crippen LogP contribution in [-0.4, -0.2) is 60.9 Å². The Labute approximate surface area is 189 Å². The SMILES string of the molecule is CN=C(NCCC(=O)Nc1ccc(C)cn1)NCC1CC(=O)N(CCc2ccccc2)C1. The van der Waals surface area contributed by atoms with Gasteiger partial charge in [-0.2, -0.15) is 0 Å². The molecule has 32 heavy (non-hydrogen) atoms. The third-order valence-corrected chi connectivity index (χ3v) is 5.41. The molecule has 3 N–H and O–H groups in total. The van der Waals surface area contributed by atoms with E-state index in [1.54, 1.807) is 19.3 Å². The van der Waals surface area contributed by atoms with E-state index in [9.17, 15) is 9.59 Å². The molecule has 0 saturated carbocycles. The molecule has 1 saturated heterocycles. The lowest BCUT2D eigenvalue weighted by Gasteiger charge is -2.18. The van der Waals surface area contributed by atoms with Crippen LogP contribution in [0.15, 0.2) is 53.7 Å². The van der Waals surface area contributed by atoms with E-state index in [4.69, 9.17) is 0 Å². The zero-order chi connectivity index (χ0) is 22.8. The minimum atomic E-state index is -0.111. The van der Waals surface area contributed by atoms with Gasteiger partial charge in [0.15, 0.2) is 5.96 Å². The summed E-state index contributed by atoms with van der Waals surface area (Å²) < 4.78 is 0. The molecular weight excluding hydrogens is 404 g/mol. The molecule has 0 aliphatic carbocycles. The minimum Gasteiger partial charge on any atom is -0.356 e. The standard InChI is InChI=1S/C24H32N6O2/c1-18-8-9-21(27-15-18)29-22(31)10-12-26-24(25-2)28-16-20-14-23(32)30(17-20)13-11-19-6-4-3-5-7-19/h3-9,15,20H,10-14,16-17H2,1-2H3,(H2,25,26,28)(H,27,29,31). The molecule has 2 aromatic rings. The zero-order valence-electron chi connectivity index (χ0n) is 18.8. The summed E-state index contributed by atoms with van der Waals surface area (Å²) in [7, 11) is 1.69. The van der Waals surface area contributed by atoms with Crippen LogP contribution >= 0.6 is 0 Å². The number of anilines is 1. The average Bonchev–Trinajstić information content (AvgIpc) is 3.16. The van der Waals surface area contributed by atoms with Crippen molar-refractivity contribution in [2.24, 2.45) is 10.9 Å². The van der Waals surface area contributed by atoms with Gasteiger partial charge in [0, 0.05) is 58.2 Å². The summed E-state index contributed by atoms with van der Waals surface area (Å²) in [5.41, 5.74) is 2.29. The zero-order valence-corrected chi connectivity index (χ0v) is 18.8. The lowest BCUT2D eigenvalue weighted by molar-refractivity contribution is -0.127. The first-order chi connectivity index (χ1) is 15.5. The molecule has 8 heteroatoms. The van der Waals surface area contributed by atoms with Crippen molar-refractivity contribution in [1.82, 2.24) is 20.5 Å². The number of guanidine groups is 1. The summed E-state index contributed by atoms with van der Waals surface area (Å²) in [5, 5.41) is 9.20. The Balaban J connectivity index is 1.33. The highest BCUT2D eigenvalue weighted by molar-refractivity contribution is 5.90. The maximum absolute atomic E-state index is 12.3. The van der Waals surface area contributed by atoms with Gasteiger partial charge in [0.1, 0.15) is 5.82 Å². The molecule has 1 aliphatic rings. The number of hydrogen-bond acceptors (Lipinski definition) is 4. The smallest absolute Gasteiger partial charge is 0.227 e. The van der Waals surface area contributed by atoms with Crippen LogP contribution in [0.1, 0.15) is 24.0 Å². The topological polar surface area (TPSA) is 98.7 Å². The van der Waals surface area contributed by atoms with E-state index in [-0.39, 0.29) is 17.7 Å². The second-order valence-corrected chi connectivity index (χ2v) is 8.04. The number of nitrogens with one attached hydrogen (secondary N) is 3. The highest BCUT2D eigenvalue weighted by Crippen LogP contribution is 2.17. The molecule has 1 atom stereocenters.